The lowest BCUT2D eigenvalue weighted by Crippen LogP contribution is -2.23. The maximum Gasteiger partial charge on any atom is 0.290 e. The monoisotopic (exact) mass is 508 g/mol. The van der Waals surface area contributed by atoms with E-state index in [-0.39, 0.29) is 10.5 Å². The van der Waals surface area contributed by atoms with Crippen LogP contribution in [0.5, 0.6) is 11.6 Å². The first-order valence-electron chi connectivity index (χ1n) is 9.48. The number of benzene rings is 3. The molecule has 0 fully saturated rings. The Bertz CT molecular complexity index is 1410. The summed E-state index contributed by atoms with van der Waals surface area (Å²) in [7, 11) is 1.52. The minimum atomic E-state index is -0.592. The van der Waals surface area contributed by atoms with Gasteiger partial charge in [0.25, 0.3) is 5.56 Å². The molecule has 0 aliphatic carbocycles. The van der Waals surface area contributed by atoms with Gasteiger partial charge in [-0.15, -0.1) is 10.2 Å². The quantitative estimate of drug-likeness (QED) is 0.255. The zero-order chi connectivity index (χ0) is 22.7. The maximum atomic E-state index is 13.4. The molecule has 160 valence electrons. The van der Waals surface area contributed by atoms with Crippen molar-refractivity contribution in [2.45, 2.75) is 0 Å². The van der Waals surface area contributed by atoms with Crippen LogP contribution in [0.3, 0.4) is 0 Å². The lowest BCUT2D eigenvalue weighted by atomic mass is 10.3. The van der Waals surface area contributed by atoms with Crippen LogP contribution < -0.4 is 10.3 Å². The minimum Gasteiger partial charge on any atom is -0.494 e. The van der Waals surface area contributed by atoms with E-state index in [2.05, 4.69) is 26.2 Å². The second-order valence-electron chi connectivity index (χ2n) is 6.61. The summed E-state index contributed by atoms with van der Waals surface area (Å²) in [5.74, 6) is 0.0768. The first-order chi connectivity index (χ1) is 15.5. The van der Waals surface area contributed by atoms with E-state index in [0.717, 1.165) is 4.47 Å². The molecule has 4 aromatic rings. The predicted octanol–water partition coefficient (Wildman–Crippen LogP) is 6.25. The van der Waals surface area contributed by atoms with Gasteiger partial charge in [-0.3, -0.25) is 13.9 Å². The molecule has 0 aliphatic heterocycles. The number of para-hydroxylation sites is 2. The second kappa shape index (κ2) is 9.29. The number of hydrogen-bond donors (Lipinski definition) is 1. The number of aromatic nitrogens is 2. The van der Waals surface area contributed by atoms with Gasteiger partial charge in [0.15, 0.2) is 4.77 Å². The number of hydrogen-bond acceptors (Lipinski definition) is 6. The fraction of sp³-hybridized carbons (Fsp3) is 0.0435. The molecule has 0 atom stereocenters. The molecule has 1 N–H and O–H groups in total. The van der Waals surface area contributed by atoms with Crippen molar-refractivity contribution in [1.82, 2.24) is 9.13 Å². The predicted molar refractivity (Wildman–Crippen MR) is 129 cm³/mol. The van der Waals surface area contributed by atoms with Gasteiger partial charge in [-0.2, -0.15) is 0 Å². The summed E-state index contributed by atoms with van der Waals surface area (Å²) >= 11 is 9.00. The van der Waals surface area contributed by atoms with Crippen LogP contribution in [0, 0.1) is 4.77 Å². The molecule has 0 radical (unpaired) electrons. The third kappa shape index (κ3) is 4.12. The van der Waals surface area contributed by atoms with Crippen LogP contribution in [0.1, 0.15) is 0 Å². The first kappa shape index (κ1) is 21.7. The Morgan fingerprint density at radius 2 is 1.50 bits per heavy atom. The van der Waals surface area contributed by atoms with Crippen molar-refractivity contribution in [1.29, 1.82) is 0 Å². The number of azo groups is 1. The smallest absolute Gasteiger partial charge is 0.290 e. The molecule has 3 aromatic carbocycles. The van der Waals surface area contributed by atoms with Crippen molar-refractivity contribution < 1.29 is 9.84 Å². The Labute approximate surface area is 197 Å². The van der Waals surface area contributed by atoms with Crippen LogP contribution >= 0.6 is 28.1 Å². The Hall–Kier alpha value is -3.56. The molecule has 0 amide bonds. The lowest BCUT2D eigenvalue weighted by Gasteiger charge is -2.16. The van der Waals surface area contributed by atoms with E-state index in [4.69, 9.17) is 17.0 Å². The highest BCUT2D eigenvalue weighted by molar-refractivity contribution is 9.10. The van der Waals surface area contributed by atoms with Gasteiger partial charge in [-0.05, 0) is 60.7 Å². The van der Waals surface area contributed by atoms with Crippen molar-refractivity contribution >= 4 is 39.5 Å². The van der Waals surface area contributed by atoms with Crippen LogP contribution in [0.25, 0.3) is 11.4 Å². The van der Waals surface area contributed by atoms with E-state index < -0.39 is 11.4 Å². The van der Waals surface area contributed by atoms with Gasteiger partial charge in [0.2, 0.25) is 11.6 Å². The highest BCUT2D eigenvalue weighted by atomic mass is 79.9. The van der Waals surface area contributed by atoms with Crippen LogP contribution in [0.2, 0.25) is 0 Å². The van der Waals surface area contributed by atoms with Crippen molar-refractivity contribution in [3.63, 3.8) is 0 Å². The van der Waals surface area contributed by atoms with Crippen molar-refractivity contribution in [2.24, 2.45) is 10.2 Å². The van der Waals surface area contributed by atoms with Crippen molar-refractivity contribution in [3.05, 3.63) is 98.5 Å². The third-order valence-electron chi connectivity index (χ3n) is 4.65. The molecule has 0 saturated carbocycles. The molecule has 1 aromatic heterocycles. The van der Waals surface area contributed by atoms with Crippen LogP contribution in [0.15, 0.2) is 98.4 Å². The number of ether oxygens (including phenoxy) is 1. The van der Waals surface area contributed by atoms with Gasteiger partial charge in [-0.25, -0.2) is 0 Å². The van der Waals surface area contributed by atoms with Gasteiger partial charge < -0.3 is 9.84 Å². The lowest BCUT2D eigenvalue weighted by molar-refractivity contribution is 0.415. The molecule has 7 nitrogen and oxygen atoms in total. The second-order valence-corrected chi connectivity index (χ2v) is 7.90. The Morgan fingerprint density at radius 1 is 0.875 bits per heavy atom. The summed E-state index contributed by atoms with van der Waals surface area (Å²) in [4.78, 5) is 13.4. The standard InChI is InChI=1S/C23H17BrN4O3S/c1-31-19-10-6-5-9-18(19)25-26-20-21(29)27(16-7-3-2-4-8-16)23(32)28(22(20)30)17-13-11-15(24)12-14-17/h2-14,30H,1H3. The average molecular weight is 509 g/mol. The Morgan fingerprint density at radius 3 is 2.19 bits per heavy atom. The van der Waals surface area contributed by atoms with E-state index >= 15 is 0 Å². The van der Waals surface area contributed by atoms with E-state index in [9.17, 15) is 9.90 Å². The van der Waals surface area contributed by atoms with E-state index in [1.807, 2.05) is 18.2 Å². The van der Waals surface area contributed by atoms with Crippen LogP contribution in [-0.4, -0.2) is 21.4 Å². The summed E-state index contributed by atoms with van der Waals surface area (Å²) in [6, 6.07) is 23.1. The van der Waals surface area contributed by atoms with Gasteiger partial charge in [0.05, 0.1) is 18.5 Å². The summed E-state index contributed by atoms with van der Waals surface area (Å²) in [5.41, 5.74) is 0.677. The Balaban J connectivity index is 2.00. The SMILES string of the molecule is COc1ccccc1N=Nc1c(O)n(-c2ccc(Br)cc2)c(=S)n(-c2ccccc2)c1=O. The summed E-state index contributed by atoms with van der Waals surface area (Å²) < 4.78 is 8.94. The number of methoxy groups -OCH3 is 1. The average Bonchev–Trinajstić information content (AvgIpc) is 2.81. The molecule has 4 rings (SSSR count). The summed E-state index contributed by atoms with van der Waals surface area (Å²) in [6.45, 7) is 0. The molecule has 0 aliphatic rings. The van der Waals surface area contributed by atoms with E-state index in [1.165, 1.54) is 16.2 Å². The number of halogens is 1. The molecular weight excluding hydrogens is 492 g/mol. The Kier molecular flexibility index (Phi) is 6.29. The number of rotatable bonds is 5. The van der Waals surface area contributed by atoms with Gasteiger partial charge >= 0.3 is 0 Å². The molecular formula is C23H17BrN4O3S. The highest BCUT2D eigenvalue weighted by Crippen LogP contribution is 2.32. The third-order valence-corrected chi connectivity index (χ3v) is 5.55. The van der Waals surface area contributed by atoms with Gasteiger partial charge in [0.1, 0.15) is 11.4 Å². The number of nitrogens with zero attached hydrogens (tertiary/aromatic N) is 4. The zero-order valence-electron chi connectivity index (χ0n) is 16.8. The van der Waals surface area contributed by atoms with E-state index in [0.29, 0.717) is 22.8 Å². The van der Waals surface area contributed by atoms with Gasteiger partial charge in [-0.1, -0.05) is 46.3 Å². The molecule has 0 saturated heterocycles. The van der Waals surface area contributed by atoms with E-state index in [1.54, 1.807) is 60.7 Å². The van der Waals surface area contributed by atoms with Crippen molar-refractivity contribution in [2.75, 3.05) is 7.11 Å². The van der Waals surface area contributed by atoms with Gasteiger partial charge in [0, 0.05) is 4.47 Å². The maximum absolute atomic E-state index is 13.4. The molecule has 0 unspecified atom stereocenters. The topological polar surface area (TPSA) is 81.1 Å². The summed E-state index contributed by atoms with van der Waals surface area (Å²) in [5, 5.41) is 19.3. The normalized spacial score (nSPS) is 11.1. The fourth-order valence-electron chi connectivity index (χ4n) is 3.12. The van der Waals surface area contributed by atoms with Crippen LogP contribution in [-0.2, 0) is 0 Å². The molecule has 1 heterocycles. The molecule has 0 bridgehead atoms. The molecule has 9 heteroatoms. The largest absolute Gasteiger partial charge is 0.494 e. The zero-order valence-corrected chi connectivity index (χ0v) is 19.2. The highest BCUT2D eigenvalue weighted by Gasteiger charge is 2.19. The van der Waals surface area contributed by atoms with Crippen molar-refractivity contribution in [3.8, 4) is 23.0 Å². The number of aromatic hydroxyl groups is 1. The summed E-state index contributed by atoms with van der Waals surface area (Å²) in [6.07, 6.45) is 0. The van der Waals surface area contributed by atoms with Crippen LogP contribution in [0.4, 0.5) is 11.4 Å². The molecule has 0 spiro atoms. The fourth-order valence-corrected chi connectivity index (χ4v) is 3.76. The first-order valence-corrected chi connectivity index (χ1v) is 10.7. The minimum absolute atomic E-state index is 0.0947. The molecule has 32 heavy (non-hydrogen) atoms.